The summed E-state index contributed by atoms with van der Waals surface area (Å²) in [7, 11) is 0. The lowest BCUT2D eigenvalue weighted by Gasteiger charge is -2.29. The first-order chi connectivity index (χ1) is 16.7. The van der Waals surface area contributed by atoms with Crippen LogP contribution in [-0.4, -0.2) is 39.0 Å². The molecule has 9 nitrogen and oxygen atoms in total. The summed E-state index contributed by atoms with van der Waals surface area (Å²) < 4.78 is 60.5. The van der Waals surface area contributed by atoms with Gasteiger partial charge in [-0.25, -0.2) is 9.18 Å². The third-order valence-electron chi connectivity index (χ3n) is 5.90. The van der Waals surface area contributed by atoms with Crippen molar-refractivity contribution < 1.29 is 22.1 Å². The van der Waals surface area contributed by atoms with E-state index in [4.69, 9.17) is 4.52 Å². The van der Waals surface area contributed by atoms with Crippen molar-refractivity contribution in [1.29, 1.82) is 0 Å². The maximum atomic E-state index is 14.0. The predicted molar refractivity (Wildman–Crippen MR) is 120 cm³/mol. The number of alkyl halides is 3. The number of halogens is 4. The van der Waals surface area contributed by atoms with E-state index in [1.54, 1.807) is 12.1 Å². The third-order valence-corrected chi connectivity index (χ3v) is 5.90. The van der Waals surface area contributed by atoms with Crippen LogP contribution < -0.4 is 21.5 Å². The van der Waals surface area contributed by atoms with Crippen molar-refractivity contribution in [1.82, 2.24) is 20.1 Å². The van der Waals surface area contributed by atoms with Gasteiger partial charge in [0.1, 0.15) is 17.3 Å². The van der Waals surface area contributed by atoms with Crippen molar-refractivity contribution in [3.63, 3.8) is 0 Å². The van der Waals surface area contributed by atoms with Crippen molar-refractivity contribution in [2.45, 2.75) is 51.4 Å². The molecule has 3 aromatic rings. The minimum absolute atomic E-state index is 0.0910. The molecule has 188 valence electrons. The molecule has 0 bridgehead atoms. The van der Waals surface area contributed by atoms with E-state index in [1.807, 2.05) is 11.9 Å². The number of H-pyrrole nitrogens is 2. The molecule has 0 aliphatic carbocycles. The highest BCUT2D eigenvalue weighted by Gasteiger charge is 2.49. The van der Waals surface area contributed by atoms with Gasteiger partial charge in [0, 0.05) is 13.0 Å². The van der Waals surface area contributed by atoms with E-state index < -0.39 is 29.4 Å². The summed E-state index contributed by atoms with van der Waals surface area (Å²) in [4.78, 5) is 33.2. The molecular formula is C22H24F4N6O3. The second-order valence-corrected chi connectivity index (χ2v) is 8.41. The Hall–Kier alpha value is -3.64. The highest BCUT2D eigenvalue weighted by atomic mass is 19.4. The maximum Gasteiger partial charge on any atom is 0.427 e. The summed E-state index contributed by atoms with van der Waals surface area (Å²) in [5, 5.41) is 6.01. The van der Waals surface area contributed by atoms with Gasteiger partial charge in [-0.1, -0.05) is 37.1 Å². The largest absolute Gasteiger partial charge is 0.427 e. The molecule has 1 aliphatic rings. The Kier molecular flexibility index (Phi) is 6.94. The topological polar surface area (TPSA) is 120 Å². The quantitative estimate of drug-likeness (QED) is 0.386. The number of hydrogen-bond acceptors (Lipinski definition) is 7. The molecule has 0 fully saturated rings. The molecular weight excluding hydrogens is 472 g/mol. The summed E-state index contributed by atoms with van der Waals surface area (Å²) in [5.41, 5.74) is -1.95. The van der Waals surface area contributed by atoms with Crippen LogP contribution in [0.25, 0.3) is 11.4 Å². The highest BCUT2D eigenvalue weighted by Crippen LogP contribution is 2.37. The van der Waals surface area contributed by atoms with Gasteiger partial charge in [-0.15, -0.1) is 0 Å². The molecule has 13 heteroatoms. The van der Waals surface area contributed by atoms with E-state index in [2.05, 4.69) is 20.4 Å². The van der Waals surface area contributed by atoms with Gasteiger partial charge in [0.2, 0.25) is 11.7 Å². The van der Waals surface area contributed by atoms with Gasteiger partial charge in [0.25, 0.3) is 5.56 Å². The molecule has 1 aliphatic heterocycles. The van der Waals surface area contributed by atoms with Gasteiger partial charge in [-0.2, -0.15) is 18.2 Å². The van der Waals surface area contributed by atoms with Crippen LogP contribution in [0.15, 0.2) is 38.4 Å². The van der Waals surface area contributed by atoms with Gasteiger partial charge < -0.3 is 14.7 Å². The van der Waals surface area contributed by atoms with Crippen LogP contribution in [0.2, 0.25) is 0 Å². The monoisotopic (exact) mass is 496 g/mol. The summed E-state index contributed by atoms with van der Waals surface area (Å²) in [5.74, 6) is -0.476. The number of aromatic nitrogens is 4. The van der Waals surface area contributed by atoms with E-state index in [0.29, 0.717) is 12.8 Å². The lowest BCUT2D eigenvalue weighted by Crippen LogP contribution is -2.48. The first-order valence-corrected chi connectivity index (χ1v) is 11.2. The molecule has 4 rings (SSSR count). The predicted octanol–water partition coefficient (Wildman–Crippen LogP) is 3.81. The third kappa shape index (κ3) is 5.38. The van der Waals surface area contributed by atoms with E-state index in [1.165, 1.54) is 12.1 Å². The molecule has 0 saturated carbocycles. The van der Waals surface area contributed by atoms with Gasteiger partial charge >= 0.3 is 11.9 Å². The Bertz CT molecular complexity index is 1280. The van der Waals surface area contributed by atoms with Gasteiger partial charge in [-0.05, 0) is 30.9 Å². The standard InChI is InChI=1S/C22H24F4N6O3/c1-2-3-6-12(11-15-27-17(31-35-15)13-7-4-5-8-14(13)23)9-10-32-18-16(19(33)30-21(34)29-18)28-20(32)22(24,25)26/h4-5,7-8,12,20,28H,2-3,6,9-11H2,1H3,(H2,29,30,33,34). The zero-order valence-corrected chi connectivity index (χ0v) is 18.8. The van der Waals surface area contributed by atoms with Crippen molar-refractivity contribution >= 4 is 11.5 Å². The molecule has 0 saturated heterocycles. The van der Waals surface area contributed by atoms with Crippen LogP contribution in [0.5, 0.6) is 0 Å². The van der Waals surface area contributed by atoms with Crippen LogP contribution in [0.3, 0.4) is 0 Å². The minimum Gasteiger partial charge on any atom is -0.350 e. The zero-order valence-electron chi connectivity index (χ0n) is 18.8. The van der Waals surface area contributed by atoms with Crippen molar-refractivity contribution in [2.75, 3.05) is 16.8 Å². The number of nitrogens with zero attached hydrogens (tertiary/aromatic N) is 3. The molecule has 2 atom stereocenters. The van der Waals surface area contributed by atoms with Crippen LogP contribution in [-0.2, 0) is 6.42 Å². The lowest BCUT2D eigenvalue weighted by molar-refractivity contribution is -0.141. The summed E-state index contributed by atoms with van der Waals surface area (Å²) in [6, 6.07) is 5.99. The first-order valence-electron chi connectivity index (χ1n) is 11.2. The highest BCUT2D eigenvalue weighted by molar-refractivity contribution is 5.71. The number of fused-ring (bicyclic) bond motifs is 1. The fourth-order valence-electron chi connectivity index (χ4n) is 4.17. The van der Waals surface area contributed by atoms with Gasteiger partial charge in [-0.3, -0.25) is 14.8 Å². The summed E-state index contributed by atoms with van der Waals surface area (Å²) >= 11 is 0. The number of aromatic amines is 2. The number of unbranched alkanes of at least 4 members (excludes halogenated alkanes) is 1. The molecule has 3 heterocycles. The Morgan fingerprint density at radius 1 is 1.17 bits per heavy atom. The summed E-state index contributed by atoms with van der Waals surface area (Å²) in [6.07, 6.45) is -3.87. The minimum atomic E-state index is -4.69. The average Bonchev–Trinajstić information content (AvgIpc) is 3.40. The Morgan fingerprint density at radius 2 is 1.94 bits per heavy atom. The SMILES string of the molecule is CCCCC(CCN1c2[nH]c(=O)[nH]c(=O)c2NC1C(F)(F)F)Cc1nc(-c2ccccc2F)no1. The maximum absolute atomic E-state index is 14.0. The fourth-order valence-corrected chi connectivity index (χ4v) is 4.17. The Morgan fingerprint density at radius 3 is 2.66 bits per heavy atom. The molecule has 1 aromatic carbocycles. The fraction of sp³-hybridized carbons (Fsp3) is 0.455. The number of nitrogens with one attached hydrogen (secondary N) is 3. The van der Waals surface area contributed by atoms with Crippen LogP contribution in [0.4, 0.5) is 29.1 Å². The van der Waals surface area contributed by atoms with Crippen molar-refractivity contribution in [2.24, 2.45) is 5.92 Å². The van der Waals surface area contributed by atoms with E-state index >= 15 is 0 Å². The van der Waals surface area contributed by atoms with Crippen molar-refractivity contribution in [3.05, 3.63) is 56.8 Å². The Balaban J connectivity index is 1.53. The van der Waals surface area contributed by atoms with Crippen LogP contribution >= 0.6 is 0 Å². The average molecular weight is 496 g/mol. The van der Waals surface area contributed by atoms with Crippen LogP contribution in [0.1, 0.15) is 38.5 Å². The number of benzene rings is 1. The molecule has 3 N–H and O–H groups in total. The van der Waals surface area contributed by atoms with Crippen LogP contribution in [0, 0.1) is 11.7 Å². The summed E-state index contributed by atoms with van der Waals surface area (Å²) in [6.45, 7) is 1.91. The first kappa shape index (κ1) is 24.5. The Labute approximate surface area is 196 Å². The molecule has 0 amide bonds. The van der Waals surface area contributed by atoms with Gasteiger partial charge in [0.15, 0.2) is 6.17 Å². The molecule has 2 aromatic heterocycles. The normalized spacial score (nSPS) is 16.3. The van der Waals surface area contributed by atoms with E-state index in [9.17, 15) is 27.2 Å². The number of hydrogen-bond donors (Lipinski definition) is 3. The second kappa shape index (κ2) is 9.92. The molecule has 2 unspecified atom stereocenters. The number of rotatable bonds is 9. The van der Waals surface area contributed by atoms with Gasteiger partial charge in [0.05, 0.1) is 5.56 Å². The molecule has 0 radical (unpaired) electrons. The van der Waals surface area contributed by atoms with Crippen molar-refractivity contribution in [3.8, 4) is 11.4 Å². The molecule has 0 spiro atoms. The van der Waals surface area contributed by atoms with E-state index in [0.717, 1.165) is 17.7 Å². The number of anilines is 2. The lowest BCUT2D eigenvalue weighted by atomic mass is 9.94. The second-order valence-electron chi connectivity index (χ2n) is 8.41. The zero-order chi connectivity index (χ0) is 25.2. The smallest absolute Gasteiger partial charge is 0.350 e. The molecule has 35 heavy (non-hydrogen) atoms. The van der Waals surface area contributed by atoms with E-state index in [-0.39, 0.29) is 47.7 Å².